The van der Waals surface area contributed by atoms with E-state index < -0.39 is 35.3 Å². The Morgan fingerprint density at radius 3 is 2.43 bits per heavy atom. The minimum atomic E-state index is -4.56. The van der Waals surface area contributed by atoms with Crippen molar-refractivity contribution in [2.24, 2.45) is 0 Å². The number of aromatic nitrogens is 2. The molecule has 0 saturated heterocycles. The van der Waals surface area contributed by atoms with Crippen LogP contribution in [0.15, 0.2) is 64.2 Å². The first-order valence-electron chi connectivity index (χ1n) is 10.7. The highest BCUT2D eigenvalue weighted by atomic mass is 19.4. The van der Waals surface area contributed by atoms with Crippen molar-refractivity contribution in [1.29, 1.82) is 0 Å². The Bertz CT molecular complexity index is 1290. The predicted molar refractivity (Wildman–Crippen MR) is 125 cm³/mol. The van der Waals surface area contributed by atoms with Crippen molar-refractivity contribution < 1.29 is 22.7 Å². The van der Waals surface area contributed by atoms with Crippen LogP contribution in [-0.4, -0.2) is 35.7 Å². The van der Waals surface area contributed by atoms with Gasteiger partial charge >= 0.3 is 11.9 Å². The number of hydrogen-bond donors (Lipinski definition) is 2. The fraction of sp³-hybridized carbons (Fsp3) is 0.292. The SMILES string of the molecule is COCCCN(C(=O)Cc1cccc(C(F)(F)F)c1)c1c(N)n(Cc2ccccc2)c(=O)[nH]c1=O. The first kappa shape index (κ1) is 25.8. The van der Waals surface area contributed by atoms with Crippen LogP contribution in [0.3, 0.4) is 0 Å². The van der Waals surface area contributed by atoms with Gasteiger partial charge in [0.25, 0.3) is 5.56 Å². The molecule has 186 valence electrons. The van der Waals surface area contributed by atoms with Gasteiger partial charge in [0, 0.05) is 20.3 Å². The zero-order chi connectivity index (χ0) is 25.6. The van der Waals surface area contributed by atoms with Gasteiger partial charge in [0.2, 0.25) is 5.91 Å². The number of carbonyl (C=O) groups excluding carboxylic acids is 1. The topological polar surface area (TPSA) is 110 Å². The van der Waals surface area contributed by atoms with Crippen LogP contribution in [0.2, 0.25) is 0 Å². The molecule has 2 aromatic carbocycles. The zero-order valence-corrected chi connectivity index (χ0v) is 19.0. The third-order valence-electron chi connectivity index (χ3n) is 5.31. The number of halogens is 3. The lowest BCUT2D eigenvalue weighted by molar-refractivity contribution is -0.137. The maximum absolute atomic E-state index is 13.2. The maximum Gasteiger partial charge on any atom is 0.416 e. The van der Waals surface area contributed by atoms with Crippen LogP contribution in [0.25, 0.3) is 0 Å². The van der Waals surface area contributed by atoms with E-state index in [4.69, 9.17) is 10.5 Å². The molecule has 0 aliphatic heterocycles. The van der Waals surface area contributed by atoms with Gasteiger partial charge in [-0.3, -0.25) is 19.1 Å². The Hall–Kier alpha value is -3.86. The van der Waals surface area contributed by atoms with E-state index in [0.29, 0.717) is 6.42 Å². The number of ether oxygens (including phenoxy) is 1. The van der Waals surface area contributed by atoms with Gasteiger partial charge in [-0.05, 0) is 23.6 Å². The number of alkyl halides is 3. The summed E-state index contributed by atoms with van der Waals surface area (Å²) in [6.07, 6.45) is -4.65. The highest BCUT2D eigenvalue weighted by molar-refractivity contribution is 5.96. The van der Waals surface area contributed by atoms with Crippen LogP contribution in [0, 0.1) is 0 Å². The standard InChI is InChI=1S/C24H25F3N4O4/c1-35-12-6-11-30(19(32)14-17-9-5-10-18(13-17)24(25,26)27)20-21(28)31(23(34)29-22(20)33)15-16-7-3-2-4-8-16/h2-5,7-10,13H,6,11-12,14-15,28H2,1H3,(H,29,33,34). The van der Waals surface area contributed by atoms with E-state index in [1.54, 1.807) is 30.3 Å². The number of rotatable bonds is 9. The average Bonchev–Trinajstić information content (AvgIpc) is 2.81. The number of methoxy groups -OCH3 is 1. The molecule has 11 heteroatoms. The minimum absolute atomic E-state index is 0.00244. The number of anilines is 2. The van der Waals surface area contributed by atoms with Crippen LogP contribution in [0.5, 0.6) is 0 Å². The molecule has 0 aliphatic rings. The molecule has 0 unspecified atom stereocenters. The predicted octanol–water partition coefficient (Wildman–Crippen LogP) is 2.80. The van der Waals surface area contributed by atoms with Crippen LogP contribution in [-0.2, 0) is 28.7 Å². The van der Waals surface area contributed by atoms with Crippen molar-refractivity contribution in [1.82, 2.24) is 9.55 Å². The van der Waals surface area contributed by atoms with Crippen molar-refractivity contribution in [2.75, 3.05) is 30.9 Å². The van der Waals surface area contributed by atoms with Crippen LogP contribution >= 0.6 is 0 Å². The van der Waals surface area contributed by atoms with Gasteiger partial charge in [-0.25, -0.2) is 4.79 Å². The summed E-state index contributed by atoms with van der Waals surface area (Å²) < 4.78 is 45.5. The number of carbonyl (C=O) groups is 1. The van der Waals surface area contributed by atoms with E-state index in [1.165, 1.54) is 19.2 Å². The van der Waals surface area contributed by atoms with E-state index in [9.17, 15) is 27.6 Å². The third-order valence-corrected chi connectivity index (χ3v) is 5.31. The monoisotopic (exact) mass is 490 g/mol. The molecule has 0 atom stereocenters. The molecular weight excluding hydrogens is 465 g/mol. The fourth-order valence-corrected chi connectivity index (χ4v) is 3.62. The zero-order valence-electron chi connectivity index (χ0n) is 19.0. The molecule has 0 saturated carbocycles. The lowest BCUT2D eigenvalue weighted by Crippen LogP contribution is -2.42. The summed E-state index contributed by atoms with van der Waals surface area (Å²) in [7, 11) is 1.47. The highest BCUT2D eigenvalue weighted by Gasteiger charge is 2.31. The minimum Gasteiger partial charge on any atom is -0.385 e. The molecule has 3 rings (SSSR count). The summed E-state index contributed by atoms with van der Waals surface area (Å²) in [4.78, 5) is 41.8. The van der Waals surface area contributed by atoms with Gasteiger partial charge in [-0.15, -0.1) is 0 Å². The van der Waals surface area contributed by atoms with Crippen molar-refractivity contribution in [3.8, 4) is 0 Å². The molecule has 35 heavy (non-hydrogen) atoms. The molecule has 1 aromatic heterocycles. The first-order valence-corrected chi connectivity index (χ1v) is 10.7. The molecule has 0 fully saturated rings. The largest absolute Gasteiger partial charge is 0.416 e. The molecule has 1 amide bonds. The normalized spacial score (nSPS) is 11.4. The first-order chi connectivity index (χ1) is 16.6. The summed E-state index contributed by atoms with van der Waals surface area (Å²) in [6.45, 7) is 0.306. The van der Waals surface area contributed by atoms with Crippen molar-refractivity contribution >= 4 is 17.4 Å². The molecule has 3 aromatic rings. The Labute approximate surface area is 198 Å². The van der Waals surface area contributed by atoms with Crippen molar-refractivity contribution in [2.45, 2.75) is 25.6 Å². The van der Waals surface area contributed by atoms with E-state index in [1.807, 2.05) is 0 Å². The summed E-state index contributed by atoms with van der Waals surface area (Å²) in [5.74, 6) is -0.875. The number of amides is 1. The number of aromatic amines is 1. The highest BCUT2D eigenvalue weighted by Crippen LogP contribution is 2.30. The van der Waals surface area contributed by atoms with Gasteiger partial charge in [0.1, 0.15) is 5.82 Å². The maximum atomic E-state index is 13.2. The number of H-pyrrole nitrogens is 1. The molecule has 3 N–H and O–H groups in total. The Kier molecular flexibility index (Phi) is 8.13. The number of benzene rings is 2. The number of hydrogen-bond acceptors (Lipinski definition) is 5. The molecule has 0 aliphatic carbocycles. The van der Waals surface area contributed by atoms with E-state index >= 15 is 0 Å². The van der Waals surface area contributed by atoms with Gasteiger partial charge < -0.3 is 15.4 Å². The third kappa shape index (κ3) is 6.38. The van der Waals surface area contributed by atoms with Crippen LogP contribution in [0.4, 0.5) is 24.7 Å². The van der Waals surface area contributed by atoms with Gasteiger partial charge in [-0.2, -0.15) is 13.2 Å². The van der Waals surface area contributed by atoms with Crippen LogP contribution < -0.4 is 21.9 Å². The summed E-state index contributed by atoms with van der Waals surface area (Å²) >= 11 is 0. The fourth-order valence-electron chi connectivity index (χ4n) is 3.62. The molecule has 0 spiro atoms. The second-order valence-corrected chi connectivity index (χ2v) is 7.83. The lowest BCUT2D eigenvalue weighted by atomic mass is 10.1. The summed E-state index contributed by atoms with van der Waals surface area (Å²) in [5.41, 5.74) is 4.33. The summed E-state index contributed by atoms with van der Waals surface area (Å²) in [6, 6.07) is 13.3. The second-order valence-electron chi connectivity index (χ2n) is 7.83. The lowest BCUT2D eigenvalue weighted by Gasteiger charge is -2.25. The van der Waals surface area contributed by atoms with Gasteiger partial charge in [0.15, 0.2) is 5.69 Å². The summed E-state index contributed by atoms with van der Waals surface area (Å²) in [5, 5.41) is 0. The molecule has 0 bridgehead atoms. The van der Waals surface area contributed by atoms with E-state index in [-0.39, 0.29) is 36.8 Å². The van der Waals surface area contributed by atoms with Gasteiger partial charge in [0.05, 0.1) is 18.5 Å². The van der Waals surface area contributed by atoms with Crippen molar-refractivity contribution in [3.63, 3.8) is 0 Å². The van der Waals surface area contributed by atoms with Crippen LogP contribution in [0.1, 0.15) is 23.1 Å². The van der Waals surface area contributed by atoms with Crippen molar-refractivity contribution in [3.05, 3.63) is 92.1 Å². The molecule has 1 heterocycles. The molecule has 0 radical (unpaired) electrons. The smallest absolute Gasteiger partial charge is 0.385 e. The Morgan fingerprint density at radius 1 is 1.09 bits per heavy atom. The number of nitrogens with two attached hydrogens (primary N) is 1. The quantitative estimate of drug-likeness (QED) is 0.448. The number of nitrogen functional groups attached to an aromatic ring is 1. The Morgan fingerprint density at radius 2 is 1.77 bits per heavy atom. The second kappa shape index (κ2) is 11.0. The molecular formula is C24H25F3N4O4. The number of nitrogens with zero attached hydrogens (tertiary/aromatic N) is 2. The van der Waals surface area contributed by atoms with E-state index in [0.717, 1.165) is 27.2 Å². The average molecular weight is 490 g/mol. The van der Waals surface area contributed by atoms with E-state index in [2.05, 4.69) is 4.98 Å². The molecule has 8 nitrogen and oxygen atoms in total. The Balaban J connectivity index is 2.00. The number of nitrogens with one attached hydrogen (secondary N) is 1. The van der Waals surface area contributed by atoms with Gasteiger partial charge in [-0.1, -0.05) is 48.5 Å².